The number of hydrogen-bond acceptors (Lipinski definition) is 5. The molecule has 2 aromatic rings. The standard InChI is InChI=1S/C22H27N3O5/c1-24-14-16(21(27)25-11-5-3-4-6-12-25)13-19(22(24)28)23-20(26)15-30-18-9-7-17(29-2)8-10-18/h7-10,13-14H,3-6,11-12,15H2,1-2H3,(H,23,26). The van der Waals surface area contributed by atoms with Crippen molar-refractivity contribution in [3.8, 4) is 11.5 Å². The summed E-state index contributed by atoms with van der Waals surface area (Å²) in [7, 11) is 3.13. The number of anilines is 1. The fourth-order valence-electron chi connectivity index (χ4n) is 3.38. The molecule has 1 aromatic heterocycles. The summed E-state index contributed by atoms with van der Waals surface area (Å²) < 4.78 is 11.8. The Morgan fingerprint density at radius 2 is 1.67 bits per heavy atom. The average Bonchev–Trinajstić information content (AvgIpc) is 3.04. The molecule has 1 N–H and O–H groups in total. The fourth-order valence-corrected chi connectivity index (χ4v) is 3.38. The highest BCUT2D eigenvalue weighted by atomic mass is 16.5. The number of ether oxygens (including phenoxy) is 2. The van der Waals surface area contributed by atoms with Crippen molar-refractivity contribution in [1.82, 2.24) is 9.47 Å². The molecule has 0 unspecified atom stereocenters. The minimum atomic E-state index is -0.484. The molecule has 2 heterocycles. The van der Waals surface area contributed by atoms with E-state index in [2.05, 4.69) is 5.32 Å². The molecule has 0 spiro atoms. The van der Waals surface area contributed by atoms with Gasteiger partial charge in [0.15, 0.2) is 6.61 Å². The molecule has 2 amide bonds. The Morgan fingerprint density at radius 3 is 2.30 bits per heavy atom. The van der Waals surface area contributed by atoms with Gasteiger partial charge in [-0.3, -0.25) is 14.4 Å². The summed E-state index contributed by atoms with van der Waals surface area (Å²) in [5, 5.41) is 2.56. The van der Waals surface area contributed by atoms with Crippen molar-refractivity contribution in [1.29, 1.82) is 0 Å². The van der Waals surface area contributed by atoms with Gasteiger partial charge in [-0.1, -0.05) is 12.8 Å². The number of nitrogens with one attached hydrogen (secondary N) is 1. The largest absolute Gasteiger partial charge is 0.497 e. The Morgan fingerprint density at radius 1 is 1.03 bits per heavy atom. The van der Waals surface area contributed by atoms with Crippen LogP contribution in [0.1, 0.15) is 36.0 Å². The van der Waals surface area contributed by atoms with E-state index in [4.69, 9.17) is 9.47 Å². The number of hydrogen-bond donors (Lipinski definition) is 1. The van der Waals surface area contributed by atoms with E-state index in [0.717, 1.165) is 25.7 Å². The van der Waals surface area contributed by atoms with Gasteiger partial charge in [0, 0.05) is 26.3 Å². The lowest BCUT2D eigenvalue weighted by Gasteiger charge is -2.21. The van der Waals surface area contributed by atoms with Gasteiger partial charge in [-0.05, 0) is 43.2 Å². The van der Waals surface area contributed by atoms with E-state index in [9.17, 15) is 14.4 Å². The summed E-state index contributed by atoms with van der Waals surface area (Å²) >= 11 is 0. The Hall–Kier alpha value is -3.29. The first kappa shape index (κ1) is 21.4. The highest BCUT2D eigenvalue weighted by molar-refractivity contribution is 5.97. The molecule has 160 valence electrons. The lowest BCUT2D eigenvalue weighted by atomic mass is 10.2. The van der Waals surface area contributed by atoms with Crippen LogP contribution in [0.25, 0.3) is 0 Å². The molecule has 1 saturated heterocycles. The maximum atomic E-state index is 12.9. The second kappa shape index (κ2) is 9.96. The SMILES string of the molecule is COc1ccc(OCC(=O)Nc2cc(C(=O)N3CCCCCC3)cn(C)c2=O)cc1. The first-order valence-electron chi connectivity index (χ1n) is 10.0. The van der Waals surface area contributed by atoms with Crippen molar-refractivity contribution in [3.63, 3.8) is 0 Å². The van der Waals surface area contributed by atoms with Crippen molar-refractivity contribution < 1.29 is 19.1 Å². The number of pyridine rings is 1. The molecule has 0 radical (unpaired) electrons. The molecule has 0 saturated carbocycles. The highest BCUT2D eigenvalue weighted by Crippen LogP contribution is 2.17. The van der Waals surface area contributed by atoms with Crippen LogP contribution >= 0.6 is 0 Å². The van der Waals surface area contributed by atoms with E-state index in [-0.39, 0.29) is 23.8 Å². The third kappa shape index (κ3) is 5.40. The molecule has 1 fully saturated rings. The van der Waals surface area contributed by atoms with Crippen LogP contribution in [0.4, 0.5) is 5.69 Å². The Bertz CT molecular complexity index is 944. The number of aryl methyl sites for hydroxylation is 1. The van der Waals surface area contributed by atoms with Gasteiger partial charge in [0.25, 0.3) is 17.4 Å². The van der Waals surface area contributed by atoms with Crippen molar-refractivity contribution >= 4 is 17.5 Å². The van der Waals surface area contributed by atoms with Gasteiger partial charge < -0.3 is 24.3 Å². The van der Waals surface area contributed by atoms with Gasteiger partial charge in [0.05, 0.1) is 12.7 Å². The third-order valence-electron chi connectivity index (χ3n) is 5.03. The maximum absolute atomic E-state index is 12.9. The number of benzene rings is 1. The molecule has 1 aromatic carbocycles. The number of carbonyl (C=O) groups is 2. The zero-order valence-electron chi connectivity index (χ0n) is 17.3. The molecule has 3 rings (SSSR count). The number of nitrogens with zero attached hydrogens (tertiary/aromatic N) is 2. The molecule has 1 aliphatic rings. The lowest BCUT2D eigenvalue weighted by molar-refractivity contribution is -0.118. The summed E-state index contributed by atoms with van der Waals surface area (Å²) in [6.07, 6.45) is 5.70. The number of carbonyl (C=O) groups excluding carboxylic acids is 2. The fraction of sp³-hybridized carbons (Fsp3) is 0.409. The summed E-state index contributed by atoms with van der Waals surface area (Å²) in [5.41, 5.74) is 0.0482. The molecule has 30 heavy (non-hydrogen) atoms. The smallest absolute Gasteiger partial charge is 0.274 e. The third-order valence-corrected chi connectivity index (χ3v) is 5.03. The number of methoxy groups -OCH3 is 1. The first-order chi connectivity index (χ1) is 14.5. The Kier molecular flexibility index (Phi) is 7.11. The minimum Gasteiger partial charge on any atom is -0.497 e. The molecule has 0 bridgehead atoms. The van der Waals surface area contributed by atoms with Crippen LogP contribution in [-0.2, 0) is 11.8 Å². The van der Waals surface area contributed by atoms with Crippen LogP contribution in [0.5, 0.6) is 11.5 Å². The van der Waals surface area contributed by atoms with E-state index < -0.39 is 5.91 Å². The second-order valence-electron chi connectivity index (χ2n) is 7.28. The van der Waals surface area contributed by atoms with E-state index >= 15 is 0 Å². The van der Waals surface area contributed by atoms with Gasteiger partial charge >= 0.3 is 0 Å². The quantitative estimate of drug-likeness (QED) is 0.786. The second-order valence-corrected chi connectivity index (χ2v) is 7.28. The van der Waals surface area contributed by atoms with Crippen molar-refractivity contribution in [2.24, 2.45) is 7.05 Å². The molecule has 8 nitrogen and oxygen atoms in total. The monoisotopic (exact) mass is 413 g/mol. The summed E-state index contributed by atoms with van der Waals surface area (Å²) in [6, 6.07) is 8.26. The van der Waals surface area contributed by atoms with E-state index in [1.807, 2.05) is 4.90 Å². The minimum absolute atomic E-state index is 0.0569. The normalized spacial score (nSPS) is 14.0. The summed E-state index contributed by atoms with van der Waals surface area (Å²) in [6.45, 7) is 1.15. The van der Waals surface area contributed by atoms with E-state index in [1.54, 1.807) is 38.4 Å². The van der Waals surface area contributed by atoms with Gasteiger partial charge in [0.1, 0.15) is 17.2 Å². The Balaban J connectivity index is 1.67. The van der Waals surface area contributed by atoms with Crippen molar-refractivity contribution in [2.75, 3.05) is 32.1 Å². The van der Waals surface area contributed by atoms with Crippen LogP contribution in [0.3, 0.4) is 0 Å². The molecule has 0 aliphatic carbocycles. The summed E-state index contributed by atoms with van der Waals surface area (Å²) in [4.78, 5) is 39.4. The van der Waals surface area contributed by atoms with Crippen LogP contribution in [0.15, 0.2) is 41.3 Å². The zero-order valence-corrected chi connectivity index (χ0v) is 17.3. The predicted octanol–water partition coefficient (Wildman–Crippen LogP) is 2.43. The number of amides is 2. The predicted molar refractivity (Wildman–Crippen MR) is 113 cm³/mol. The number of rotatable bonds is 6. The van der Waals surface area contributed by atoms with Crippen LogP contribution in [0, 0.1) is 0 Å². The summed E-state index contributed by atoms with van der Waals surface area (Å²) in [5.74, 6) is 0.574. The van der Waals surface area contributed by atoms with Crippen molar-refractivity contribution in [3.05, 3.63) is 52.4 Å². The van der Waals surface area contributed by atoms with Gasteiger partial charge in [-0.15, -0.1) is 0 Å². The van der Waals surface area contributed by atoms with Gasteiger partial charge in [-0.2, -0.15) is 0 Å². The van der Waals surface area contributed by atoms with E-state index in [0.29, 0.717) is 30.2 Å². The van der Waals surface area contributed by atoms with Crippen LogP contribution in [0.2, 0.25) is 0 Å². The number of aromatic nitrogens is 1. The first-order valence-corrected chi connectivity index (χ1v) is 10.0. The topological polar surface area (TPSA) is 89.9 Å². The zero-order chi connectivity index (χ0) is 21.5. The molecule has 1 aliphatic heterocycles. The lowest BCUT2D eigenvalue weighted by Crippen LogP contribution is -2.34. The van der Waals surface area contributed by atoms with Gasteiger partial charge in [0.2, 0.25) is 0 Å². The van der Waals surface area contributed by atoms with E-state index in [1.165, 1.54) is 16.8 Å². The molecular formula is C22H27N3O5. The molecule has 8 heteroatoms. The van der Waals surface area contributed by atoms with Crippen LogP contribution in [-0.4, -0.2) is 48.1 Å². The number of likely N-dealkylation sites (tertiary alicyclic amines) is 1. The molecular weight excluding hydrogens is 386 g/mol. The van der Waals surface area contributed by atoms with Gasteiger partial charge in [-0.25, -0.2) is 0 Å². The van der Waals surface area contributed by atoms with Crippen molar-refractivity contribution in [2.45, 2.75) is 25.7 Å². The average molecular weight is 413 g/mol. The maximum Gasteiger partial charge on any atom is 0.274 e. The highest BCUT2D eigenvalue weighted by Gasteiger charge is 2.20. The molecule has 0 atom stereocenters. The van der Waals surface area contributed by atoms with Crippen LogP contribution < -0.4 is 20.3 Å². The Labute approximate surface area is 175 Å².